The summed E-state index contributed by atoms with van der Waals surface area (Å²) >= 11 is 0. The fourth-order valence-corrected chi connectivity index (χ4v) is 1.49. The number of aromatic nitrogens is 4. The van der Waals surface area contributed by atoms with Crippen LogP contribution in [0.4, 0.5) is 5.95 Å². The van der Waals surface area contributed by atoms with Gasteiger partial charge in [-0.1, -0.05) is 11.2 Å². The molecule has 100 valence electrons. The Hall–Kier alpha value is -2.44. The highest BCUT2D eigenvalue weighted by Crippen LogP contribution is 2.15. The molecule has 7 nitrogen and oxygen atoms in total. The maximum absolute atomic E-state index is 12.0. The first-order chi connectivity index (χ1) is 9.04. The average Bonchev–Trinajstić information content (AvgIpc) is 2.74. The van der Waals surface area contributed by atoms with Crippen molar-refractivity contribution in [3.8, 4) is 5.75 Å². The van der Waals surface area contributed by atoms with Crippen molar-refractivity contribution in [2.75, 3.05) is 5.32 Å². The van der Waals surface area contributed by atoms with Crippen LogP contribution in [0.2, 0.25) is 0 Å². The molecule has 19 heavy (non-hydrogen) atoms. The molecule has 1 amide bonds. The number of anilines is 1. The van der Waals surface area contributed by atoms with Gasteiger partial charge in [0.25, 0.3) is 11.9 Å². The van der Waals surface area contributed by atoms with E-state index in [1.54, 1.807) is 31.3 Å². The molecule has 0 aliphatic heterocycles. The molecule has 0 bridgehead atoms. The number of nitrogens with one attached hydrogen (secondary N) is 1. The van der Waals surface area contributed by atoms with Crippen LogP contribution in [0.15, 0.2) is 24.3 Å². The largest absolute Gasteiger partial charge is 0.491 e. The number of benzene rings is 1. The van der Waals surface area contributed by atoms with Gasteiger partial charge in [0.05, 0.1) is 13.2 Å². The van der Waals surface area contributed by atoms with Crippen LogP contribution in [0.1, 0.15) is 24.2 Å². The number of ether oxygens (including phenoxy) is 1. The average molecular weight is 261 g/mol. The van der Waals surface area contributed by atoms with Crippen LogP contribution in [0, 0.1) is 0 Å². The Bertz CT molecular complexity index is 579. The molecule has 0 radical (unpaired) electrons. The molecule has 0 atom stereocenters. The Morgan fingerprint density at radius 3 is 2.84 bits per heavy atom. The second kappa shape index (κ2) is 5.47. The molecule has 0 unspecified atom stereocenters. The number of tetrazole rings is 1. The highest BCUT2D eigenvalue weighted by atomic mass is 16.5. The second-order valence-electron chi connectivity index (χ2n) is 4.25. The van der Waals surface area contributed by atoms with E-state index in [0.29, 0.717) is 11.3 Å². The Morgan fingerprint density at radius 2 is 2.21 bits per heavy atom. The SMILES string of the molecule is CC(C)Oc1cccc(C(=O)Nc2nnn(C)n2)c1. The molecule has 7 heteroatoms. The quantitative estimate of drug-likeness (QED) is 0.895. The lowest BCUT2D eigenvalue weighted by molar-refractivity contribution is 0.102. The van der Waals surface area contributed by atoms with Crippen LogP contribution in [-0.2, 0) is 7.05 Å². The zero-order chi connectivity index (χ0) is 13.8. The highest BCUT2D eigenvalue weighted by molar-refractivity contribution is 6.03. The van der Waals surface area contributed by atoms with Crippen molar-refractivity contribution < 1.29 is 9.53 Å². The molecule has 1 aromatic heterocycles. The van der Waals surface area contributed by atoms with Crippen LogP contribution in [0.5, 0.6) is 5.75 Å². The molecular formula is C12H15N5O2. The summed E-state index contributed by atoms with van der Waals surface area (Å²) in [6.07, 6.45) is 0.0555. The van der Waals surface area contributed by atoms with E-state index >= 15 is 0 Å². The lowest BCUT2D eigenvalue weighted by Crippen LogP contribution is -2.14. The van der Waals surface area contributed by atoms with Crippen LogP contribution >= 0.6 is 0 Å². The lowest BCUT2D eigenvalue weighted by atomic mass is 10.2. The monoisotopic (exact) mass is 261 g/mol. The van der Waals surface area contributed by atoms with E-state index < -0.39 is 0 Å². The Labute approximate surface area is 110 Å². The minimum atomic E-state index is -0.304. The summed E-state index contributed by atoms with van der Waals surface area (Å²) in [4.78, 5) is 13.2. The molecular weight excluding hydrogens is 246 g/mol. The number of aryl methyl sites for hydroxylation is 1. The molecule has 0 spiro atoms. The first-order valence-corrected chi connectivity index (χ1v) is 5.86. The van der Waals surface area contributed by atoms with E-state index in [1.807, 2.05) is 13.8 Å². The Kier molecular flexibility index (Phi) is 3.74. The van der Waals surface area contributed by atoms with E-state index in [4.69, 9.17) is 4.74 Å². The van der Waals surface area contributed by atoms with Gasteiger partial charge in [-0.05, 0) is 37.3 Å². The number of amides is 1. The summed E-state index contributed by atoms with van der Waals surface area (Å²) in [7, 11) is 1.62. The minimum absolute atomic E-state index is 0.0555. The summed E-state index contributed by atoms with van der Waals surface area (Å²) in [5.74, 6) is 0.514. The smallest absolute Gasteiger partial charge is 0.270 e. The molecule has 1 heterocycles. The van der Waals surface area contributed by atoms with Gasteiger partial charge in [0.15, 0.2) is 0 Å². The Balaban J connectivity index is 2.10. The summed E-state index contributed by atoms with van der Waals surface area (Å²) < 4.78 is 5.53. The number of carbonyl (C=O) groups excluding carboxylic acids is 1. The van der Waals surface area contributed by atoms with E-state index in [2.05, 4.69) is 20.7 Å². The van der Waals surface area contributed by atoms with Gasteiger partial charge in [0.1, 0.15) is 5.75 Å². The number of hydrogen-bond acceptors (Lipinski definition) is 5. The third-order valence-electron chi connectivity index (χ3n) is 2.20. The zero-order valence-corrected chi connectivity index (χ0v) is 11.0. The van der Waals surface area contributed by atoms with E-state index in [-0.39, 0.29) is 18.0 Å². The van der Waals surface area contributed by atoms with Crippen LogP contribution in [0.25, 0.3) is 0 Å². The lowest BCUT2D eigenvalue weighted by Gasteiger charge is -2.10. The predicted octanol–water partition coefficient (Wildman–Crippen LogP) is 1.25. The zero-order valence-electron chi connectivity index (χ0n) is 11.0. The maximum Gasteiger partial charge on any atom is 0.270 e. The maximum atomic E-state index is 12.0. The van der Waals surface area contributed by atoms with Gasteiger partial charge in [-0.3, -0.25) is 10.1 Å². The van der Waals surface area contributed by atoms with Crippen molar-refractivity contribution in [3.63, 3.8) is 0 Å². The first kappa shape index (κ1) is 13.0. The van der Waals surface area contributed by atoms with Gasteiger partial charge in [0, 0.05) is 5.56 Å². The van der Waals surface area contributed by atoms with Gasteiger partial charge in [-0.2, -0.15) is 4.80 Å². The third kappa shape index (κ3) is 3.51. The number of rotatable bonds is 4. The minimum Gasteiger partial charge on any atom is -0.491 e. The molecule has 0 saturated carbocycles. The molecule has 1 N–H and O–H groups in total. The molecule has 0 aliphatic rings. The van der Waals surface area contributed by atoms with Gasteiger partial charge >= 0.3 is 0 Å². The molecule has 0 fully saturated rings. The van der Waals surface area contributed by atoms with E-state index in [0.717, 1.165) is 0 Å². The molecule has 2 rings (SSSR count). The first-order valence-electron chi connectivity index (χ1n) is 5.86. The fraction of sp³-hybridized carbons (Fsp3) is 0.333. The molecule has 0 saturated heterocycles. The van der Waals surface area contributed by atoms with Crippen LogP contribution < -0.4 is 10.1 Å². The van der Waals surface area contributed by atoms with Crippen LogP contribution in [-0.4, -0.2) is 32.2 Å². The topological polar surface area (TPSA) is 81.9 Å². The van der Waals surface area contributed by atoms with Crippen molar-refractivity contribution in [3.05, 3.63) is 29.8 Å². The third-order valence-corrected chi connectivity index (χ3v) is 2.20. The standard InChI is InChI=1S/C12H15N5O2/c1-8(2)19-10-6-4-5-9(7-10)11(18)13-12-14-16-17(3)15-12/h4-8H,1-3H3,(H,13,15,18). The highest BCUT2D eigenvalue weighted by Gasteiger charge is 2.10. The van der Waals surface area contributed by atoms with Crippen LogP contribution in [0.3, 0.4) is 0 Å². The van der Waals surface area contributed by atoms with E-state index in [1.165, 1.54) is 4.80 Å². The van der Waals surface area contributed by atoms with Crippen molar-refractivity contribution in [2.24, 2.45) is 7.05 Å². The van der Waals surface area contributed by atoms with Gasteiger partial charge in [-0.15, -0.1) is 5.10 Å². The molecule has 2 aromatic rings. The van der Waals surface area contributed by atoms with E-state index in [9.17, 15) is 4.79 Å². The predicted molar refractivity (Wildman–Crippen MR) is 69.0 cm³/mol. The molecule has 1 aromatic carbocycles. The summed E-state index contributed by atoms with van der Waals surface area (Å²) in [5, 5.41) is 13.8. The van der Waals surface area contributed by atoms with Crippen molar-refractivity contribution >= 4 is 11.9 Å². The fourth-order valence-electron chi connectivity index (χ4n) is 1.49. The molecule has 0 aliphatic carbocycles. The Morgan fingerprint density at radius 1 is 1.42 bits per heavy atom. The summed E-state index contributed by atoms with van der Waals surface area (Å²) in [5.41, 5.74) is 0.477. The summed E-state index contributed by atoms with van der Waals surface area (Å²) in [6, 6.07) is 6.93. The van der Waals surface area contributed by atoms with Gasteiger partial charge in [0.2, 0.25) is 0 Å². The number of hydrogen-bond donors (Lipinski definition) is 1. The van der Waals surface area contributed by atoms with Crippen molar-refractivity contribution in [2.45, 2.75) is 20.0 Å². The van der Waals surface area contributed by atoms with Gasteiger partial charge in [-0.25, -0.2) is 0 Å². The van der Waals surface area contributed by atoms with Crippen molar-refractivity contribution in [1.29, 1.82) is 0 Å². The van der Waals surface area contributed by atoms with Gasteiger partial charge < -0.3 is 4.74 Å². The van der Waals surface area contributed by atoms with Crippen molar-refractivity contribution in [1.82, 2.24) is 20.2 Å². The normalized spacial score (nSPS) is 10.5. The summed E-state index contributed by atoms with van der Waals surface area (Å²) in [6.45, 7) is 3.85. The second-order valence-corrected chi connectivity index (χ2v) is 4.25. The number of nitrogens with zero attached hydrogens (tertiary/aromatic N) is 4. The number of carbonyl (C=O) groups is 1.